The molecule has 0 spiro atoms. The first-order valence-corrected chi connectivity index (χ1v) is 6.44. The standard InChI is InChI=1S/C14H17N3O4/c1-10-15-16-13(21-10)8-17(2)7-11-3-5-12(6-4-11)20-9-14(18)19/h3-6H,7-9H2,1-2H3,(H,18,19). The van der Waals surface area contributed by atoms with Crippen LogP contribution in [0.25, 0.3) is 0 Å². The number of benzene rings is 1. The minimum Gasteiger partial charge on any atom is -0.482 e. The number of aryl methyl sites for hydroxylation is 1. The average Bonchev–Trinajstić information content (AvgIpc) is 2.83. The molecule has 0 bridgehead atoms. The predicted molar refractivity (Wildman–Crippen MR) is 73.8 cm³/mol. The van der Waals surface area contributed by atoms with E-state index in [1.807, 2.05) is 24.1 Å². The molecule has 112 valence electrons. The maximum atomic E-state index is 10.4. The molecule has 0 radical (unpaired) electrons. The van der Waals surface area contributed by atoms with Crippen molar-refractivity contribution in [2.24, 2.45) is 0 Å². The van der Waals surface area contributed by atoms with Gasteiger partial charge in [-0.15, -0.1) is 10.2 Å². The lowest BCUT2D eigenvalue weighted by molar-refractivity contribution is -0.139. The van der Waals surface area contributed by atoms with E-state index in [2.05, 4.69) is 10.2 Å². The first-order chi connectivity index (χ1) is 10.0. The molecule has 0 saturated heterocycles. The van der Waals surface area contributed by atoms with Crippen LogP contribution >= 0.6 is 0 Å². The first kappa shape index (κ1) is 15.0. The topological polar surface area (TPSA) is 88.7 Å². The van der Waals surface area contributed by atoms with Gasteiger partial charge in [0, 0.05) is 13.5 Å². The number of rotatable bonds is 7. The van der Waals surface area contributed by atoms with Crippen LogP contribution in [0.4, 0.5) is 0 Å². The van der Waals surface area contributed by atoms with E-state index < -0.39 is 5.97 Å². The van der Waals surface area contributed by atoms with Crippen LogP contribution < -0.4 is 4.74 Å². The highest BCUT2D eigenvalue weighted by Crippen LogP contribution is 2.14. The van der Waals surface area contributed by atoms with Crippen LogP contribution in [0.2, 0.25) is 0 Å². The van der Waals surface area contributed by atoms with Crippen LogP contribution in [0, 0.1) is 6.92 Å². The van der Waals surface area contributed by atoms with Crippen molar-refractivity contribution in [2.45, 2.75) is 20.0 Å². The number of nitrogens with zero attached hydrogens (tertiary/aromatic N) is 3. The average molecular weight is 291 g/mol. The van der Waals surface area contributed by atoms with Gasteiger partial charge < -0.3 is 14.3 Å². The minimum absolute atomic E-state index is 0.338. The third kappa shape index (κ3) is 4.88. The highest BCUT2D eigenvalue weighted by atomic mass is 16.5. The van der Waals surface area contributed by atoms with Crippen molar-refractivity contribution < 1.29 is 19.1 Å². The van der Waals surface area contributed by atoms with Crippen molar-refractivity contribution in [3.05, 3.63) is 41.6 Å². The van der Waals surface area contributed by atoms with Gasteiger partial charge in [0.2, 0.25) is 11.8 Å². The summed E-state index contributed by atoms with van der Waals surface area (Å²) in [6.07, 6.45) is 0. The molecule has 7 heteroatoms. The van der Waals surface area contributed by atoms with E-state index >= 15 is 0 Å². The Morgan fingerprint density at radius 3 is 2.57 bits per heavy atom. The molecular formula is C14H17N3O4. The van der Waals surface area contributed by atoms with E-state index in [1.165, 1.54) is 0 Å². The van der Waals surface area contributed by atoms with Gasteiger partial charge >= 0.3 is 5.97 Å². The summed E-state index contributed by atoms with van der Waals surface area (Å²) in [5.74, 6) is 0.680. The molecule has 1 aromatic carbocycles. The summed E-state index contributed by atoms with van der Waals surface area (Å²) >= 11 is 0. The van der Waals surface area contributed by atoms with E-state index in [0.29, 0.717) is 30.6 Å². The largest absolute Gasteiger partial charge is 0.482 e. The summed E-state index contributed by atoms with van der Waals surface area (Å²) < 4.78 is 10.4. The number of hydrogen-bond acceptors (Lipinski definition) is 6. The van der Waals surface area contributed by atoms with Crippen LogP contribution in [0.15, 0.2) is 28.7 Å². The summed E-state index contributed by atoms with van der Waals surface area (Å²) in [5, 5.41) is 16.3. The van der Waals surface area contributed by atoms with E-state index in [-0.39, 0.29) is 6.61 Å². The third-order valence-electron chi connectivity index (χ3n) is 2.71. The van der Waals surface area contributed by atoms with Crippen molar-refractivity contribution in [2.75, 3.05) is 13.7 Å². The monoisotopic (exact) mass is 291 g/mol. The van der Waals surface area contributed by atoms with Crippen LogP contribution in [0.5, 0.6) is 5.75 Å². The molecule has 1 heterocycles. The Balaban J connectivity index is 1.86. The molecule has 0 unspecified atom stereocenters. The molecular weight excluding hydrogens is 274 g/mol. The summed E-state index contributed by atoms with van der Waals surface area (Å²) in [6.45, 7) is 2.70. The molecule has 0 atom stereocenters. The number of hydrogen-bond donors (Lipinski definition) is 1. The molecule has 1 N–H and O–H groups in total. The molecule has 2 aromatic rings. The Labute approximate surface area is 122 Å². The number of carbonyl (C=O) groups is 1. The zero-order valence-electron chi connectivity index (χ0n) is 11.9. The molecule has 0 amide bonds. The van der Waals surface area contributed by atoms with E-state index in [1.54, 1.807) is 19.1 Å². The van der Waals surface area contributed by atoms with Gasteiger partial charge in [-0.3, -0.25) is 4.90 Å². The van der Waals surface area contributed by atoms with Crippen molar-refractivity contribution >= 4 is 5.97 Å². The summed E-state index contributed by atoms with van der Waals surface area (Å²) in [7, 11) is 1.95. The zero-order chi connectivity index (χ0) is 15.2. The second-order valence-electron chi connectivity index (χ2n) is 4.71. The third-order valence-corrected chi connectivity index (χ3v) is 2.71. The normalized spacial score (nSPS) is 10.8. The Bertz CT molecular complexity index is 595. The van der Waals surface area contributed by atoms with Crippen LogP contribution in [-0.2, 0) is 17.9 Å². The summed E-state index contributed by atoms with van der Waals surface area (Å²) in [4.78, 5) is 12.5. The lowest BCUT2D eigenvalue weighted by atomic mass is 10.2. The number of carboxylic acids is 1. The number of aliphatic carboxylic acids is 1. The van der Waals surface area contributed by atoms with Gasteiger partial charge in [0.15, 0.2) is 6.61 Å². The fraction of sp³-hybridized carbons (Fsp3) is 0.357. The number of ether oxygens (including phenoxy) is 1. The van der Waals surface area contributed by atoms with Crippen LogP contribution in [0.1, 0.15) is 17.3 Å². The van der Waals surface area contributed by atoms with Crippen LogP contribution in [-0.4, -0.2) is 39.8 Å². The number of aromatic nitrogens is 2. The molecule has 1 aromatic heterocycles. The van der Waals surface area contributed by atoms with Gasteiger partial charge in [-0.1, -0.05) is 12.1 Å². The van der Waals surface area contributed by atoms with E-state index in [0.717, 1.165) is 5.56 Å². The molecule has 0 aliphatic rings. The highest BCUT2D eigenvalue weighted by molar-refractivity contribution is 5.68. The predicted octanol–water partition coefficient (Wildman–Crippen LogP) is 1.47. The Morgan fingerprint density at radius 2 is 2.00 bits per heavy atom. The molecule has 0 fully saturated rings. The van der Waals surface area contributed by atoms with Gasteiger partial charge in [0.1, 0.15) is 5.75 Å². The SMILES string of the molecule is Cc1nnc(CN(C)Cc2ccc(OCC(=O)O)cc2)o1. The summed E-state index contributed by atoms with van der Waals surface area (Å²) in [6, 6.07) is 7.30. The molecule has 0 aliphatic heterocycles. The second kappa shape index (κ2) is 6.85. The van der Waals surface area contributed by atoms with Crippen molar-refractivity contribution in [3.8, 4) is 5.75 Å². The fourth-order valence-electron chi connectivity index (χ4n) is 1.84. The zero-order valence-corrected chi connectivity index (χ0v) is 11.9. The van der Waals surface area contributed by atoms with Crippen molar-refractivity contribution in [1.29, 1.82) is 0 Å². The molecule has 2 rings (SSSR count). The van der Waals surface area contributed by atoms with E-state index in [9.17, 15) is 4.79 Å². The van der Waals surface area contributed by atoms with Crippen LogP contribution in [0.3, 0.4) is 0 Å². The lowest BCUT2D eigenvalue weighted by Gasteiger charge is -2.14. The lowest BCUT2D eigenvalue weighted by Crippen LogP contribution is -2.17. The molecule has 0 aliphatic carbocycles. The van der Waals surface area contributed by atoms with Gasteiger partial charge in [0.25, 0.3) is 0 Å². The van der Waals surface area contributed by atoms with Crippen molar-refractivity contribution in [3.63, 3.8) is 0 Å². The van der Waals surface area contributed by atoms with E-state index in [4.69, 9.17) is 14.3 Å². The maximum Gasteiger partial charge on any atom is 0.341 e. The molecule has 0 saturated carbocycles. The first-order valence-electron chi connectivity index (χ1n) is 6.44. The Kier molecular flexibility index (Phi) is 4.89. The number of carboxylic acid groups (broad SMARTS) is 1. The smallest absolute Gasteiger partial charge is 0.341 e. The van der Waals surface area contributed by atoms with Gasteiger partial charge in [-0.2, -0.15) is 0 Å². The highest BCUT2D eigenvalue weighted by Gasteiger charge is 2.07. The maximum absolute atomic E-state index is 10.4. The van der Waals surface area contributed by atoms with Crippen molar-refractivity contribution in [1.82, 2.24) is 15.1 Å². The fourth-order valence-corrected chi connectivity index (χ4v) is 1.84. The second-order valence-corrected chi connectivity index (χ2v) is 4.71. The van der Waals surface area contributed by atoms with Gasteiger partial charge in [-0.05, 0) is 24.7 Å². The van der Waals surface area contributed by atoms with Gasteiger partial charge in [-0.25, -0.2) is 4.79 Å². The molecule has 7 nitrogen and oxygen atoms in total. The van der Waals surface area contributed by atoms with Gasteiger partial charge in [0.05, 0.1) is 6.54 Å². The molecule has 21 heavy (non-hydrogen) atoms. The Morgan fingerprint density at radius 1 is 1.29 bits per heavy atom. The summed E-state index contributed by atoms with van der Waals surface area (Å²) in [5.41, 5.74) is 1.08. The quantitative estimate of drug-likeness (QED) is 0.826. The Hall–Kier alpha value is -2.41. The minimum atomic E-state index is -0.992.